The molecule has 0 bridgehead atoms. The van der Waals surface area contributed by atoms with Gasteiger partial charge < -0.3 is 14.9 Å². The van der Waals surface area contributed by atoms with Crippen LogP contribution in [0, 0.1) is 5.92 Å². The van der Waals surface area contributed by atoms with E-state index in [-0.39, 0.29) is 10.6 Å². The molecule has 0 saturated carbocycles. The largest absolute Gasteiger partial charge is 0.478 e. The Labute approximate surface area is 125 Å². The van der Waals surface area contributed by atoms with Crippen molar-refractivity contribution in [3.05, 3.63) is 22.8 Å². The summed E-state index contributed by atoms with van der Waals surface area (Å²) in [5.41, 5.74) is 0.0928. The van der Waals surface area contributed by atoms with Crippen LogP contribution in [0.3, 0.4) is 0 Å². The maximum absolute atomic E-state index is 11.1. The molecule has 0 aliphatic heterocycles. The summed E-state index contributed by atoms with van der Waals surface area (Å²) in [4.78, 5) is 19.6. The van der Waals surface area contributed by atoms with E-state index in [0.29, 0.717) is 11.7 Å². The Morgan fingerprint density at radius 3 is 2.55 bits per heavy atom. The quantitative estimate of drug-likeness (QED) is 0.838. The van der Waals surface area contributed by atoms with Crippen molar-refractivity contribution < 1.29 is 9.90 Å². The number of carbonyl (C=O) groups is 1. The number of likely N-dealkylation sites (N-methyl/N-ethyl adjacent to an activating group) is 1. The van der Waals surface area contributed by atoms with Gasteiger partial charge in [-0.3, -0.25) is 0 Å². The number of hydrogen-bond donors (Lipinski definition) is 1. The van der Waals surface area contributed by atoms with Gasteiger partial charge in [-0.15, -0.1) is 0 Å². The third-order valence-corrected chi connectivity index (χ3v) is 3.10. The number of anilines is 1. The lowest BCUT2D eigenvalue weighted by Gasteiger charge is -2.27. The fourth-order valence-corrected chi connectivity index (χ4v) is 2.01. The van der Waals surface area contributed by atoms with Crippen LogP contribution in [-0.4, -0.2) is 54.7 Å². The minimum absolute atomic E-state index is 0.0928. The number of nitrogens with zero attached hydrogens (tertiary/aromatic N) is 3. The lowest BCUT2D eigenvalue weighted by Crippen LogP contribution is -2.35. The second kappa shape index (κ2) is 7.45. The molecule has 0 radical (unpaired) electrons. The lowest BCUT2D eigenvalue weighted by atomic mass is 10.2. The third kappa shape index (κ3) is 4.98. The fraction of sp³-hybridized carbons (Fsp3) is 0.571. The van der Waals surface area contributed by atoms with Crippen LogP contribution >= 0.6 is 11.6 Å². The maximum atomic E-state index is 11.1. The van der Waals surface area contributed by atoms with Gasteiger partial charge in [0.15, 0.2) is 0 Å². The highest BCUT2D eigenvalue weighted by Gasteiger charge is 2.15. The summed E-state index contributed by atoms with van der Waals surface area (Å²) >= 11 is 5.86. The summed E-state index contributed by atoms with van der Waals surface area (Å²) in [5.74, 6) is 0.0843. The molecule has 6 heteroatoms. The SMILES string of the molecule is CC(C)CN(CCN(C)C)c1cc(C(=O)O)c(Cl)cn1. The molecule has 112 valence electrons. The molecule has 1 rings (SSSR count). The Kier molecular flexibility index (Phi) is 6.23. The predicted molar refractivity (Wildman–Crippen MR) is 81.8 cm³/mol. The average Bonchev–Trinajstić information content (AvgIpc) is 2.34. The number of aromatic carboxylic acids is 1. The van der Waals surface area contributed by atoms with E-state index in [0.717, 1.165) is 19.6 Å². The Morgan fingerprint density at radius 1 is 1.40 bits per heavy atom. The molecule has 0 aromatic carbocycles. The van der Waals surface area contributed by atoms with Crippen LogP contribution in [0.1, 0.15) is 24.2 Å². The molecule has 0 aliphatic carbocycles. The summed E-state index contributed by atoms with van der Waals surface area (Å²) in [6, 6.07) is 1.54. The van der Waals surface area contributed by atoms with Gasteiger partial charge in [-0.1, -0.05) is 25.4 Å². The molecule has 5 nitrogen and oxygen atoms in total. The second-order valence-corrected chi connectivity index (χ2v) is 5.88. The van der Waals surface area contributed by atoms with Crippen LogP contribution in [-0.2, 0) is 0 Å². The van der Waals surface area contributed by atoms with Gasteiger partial charge in [-0.05, 0) is 26.1 Å². The van der Waals surface area contributed by atoms with Gasteiger partial charge in [-0.25, -0.2) is 9.78 Å². The topological polar surface area (TPSA) is 56.7 Å². The monoisotopic (exact) mass is 299 g/mol. The zero-order chi connectivity index (χ0) is 15.3. The van der Waals surface area contributed by atoms with Gasteiger partial charge in [0.05, 0.1) is 10.6 Å². The van der Waals surface area contributed by atoms with E-state index in [9.17, 15) is 4.79 Å². The van der Waals surface area contributed by atoms with Crippen molar-refractivity contribution in [1.29, 1.82) is 0 Å². The number of hydrogen-bond acceptors (Lipinski definition) is 4. The first-order valence-electron chi connectivity index (χ1n) is 6.59. The Balaban J connectivity index is 3.00. The standard InChI is InChI=1S/C14H22ClN3O2/c1-10(2)9-18(6-5-17(3)4)13-7-11(14(19)20)12(15)8-16-13/h7-8,10H,5-6,9H2,1-4H3,(H,19,20). The molecule has 1 heterocycles. The molecule has 0 aliphatic rings. The molecule has 0 spiro atoms. The van der Waals surface area contributed by atoms with Crippen molar-refractivity contribution in [2.45, 2.75) is 13.8 Å². The van der Waals surface area contributed by atoms with Crippen LogP contribution in [0.2, 0.25) is 5.02 Å². The van der Waals surface area contributed by atoms with Gasteiger partial charge in [0.1, 0.15) is 5.82 Å². The molecule has 0 atom stereocenters. The highest BCUT2D eigenvalue weighted by molar-refractivity contribution is 6.33. The van der Waals surface area contributed by atoms with E-state index in [1.54, 1.807) is 6.07 Å². The molecule has 1 aromatic rings. The molecule has 0 unspecified atom stereocenters. The molecule has 1 N–H and O–H groups in total. The highest BCUT2D eigenvalue weighted by atomic mass is 35.5. The zero-order valence-corrected chi connectivity index (χ0v) is 13.2. The van der Waals surface area contributed by atoms with Gasteiger partial charge in [0.2, 0.25) is 0 Å². The van der Waals surface area contributed by atoms with E-state index in [1.165, 1.54) is 6.20 Å². The minimum Gasteiger partial charge on any atom is -0.478 e. The number of rotatable bonds is 7. The van der Waals surface area contributed by atoms with Gasteiger partial charge in [0, 0.05) is 25.8 Å². The first kappa shape index (κ1) is 16.7. The summed E-state index contributed by atoms with van der Waals surface area (Å²) in [6.45, 7) is 6.73. The predicted octanol–water partition coefficient (Wildman–Crippen LogP) is 2.46. The molecule has 20 heavy (non-hydrogen) atoms. The van der Waals surface area contributed by atoms with Crippen LogP contribution in [0.5, 0.6) is 0 Å². The van der Waals surface area contributed by atoms with E-state index < -0.39 is 5.97 Å². The third-order valence-electron chi connectivity index (χ3n) is 2.80. The first-order valence-corrected chi connectivity index (χ1v) is 6.97. The van der Waals surface area contributed by atoms with Crippen molar-refractivity contribution in [3.8, 4) is 0 Å². The second-order valence-electron chi connectivity index (χ2n) is 5.47. The number of carboxylic acids is 1. The highest BCUT2D eigenvalue weighted by Crippen LogP contribution is 2.21. The Bertz CT molecular complexity index is 464. The van der Waals surface area contributed by atoms with E-state index in [4.69, 9.17) is 16.7 Å². The summed E-state index contributed by atoms with van der Waals surface area (Å²) < 4.78 is 0. The normalized spacial score (nSPS) is 11.2. The van der Waals surface area contributed by atoms with E-state index in [2.05, 4.69) is 28.6 Å². The van der Waals surface area contributed by atoms with Crippen LogP contribution in [0.25, 0.3) is 0 Å². The van der Waals surface area contributed by atoms with E-state index >= 15 is 0 Å². The Morgan fingerprint density at radius 2 is 2.05 bits per heavy atom. The fourth-order valence-electron chi connectivity index (χ4n) is 1.83. The van der Waals surface area contributed by atoms with Crippen molar-refractivity contribution in [2.24, 2.45) is 5.92 Å². The van der Waals surface area contributed by atoms with Gasteiger partial charge in [0.25, 0.3) is 0 Å². The molecule has 1 aromatic heterocycles. The van der Waals surface area contributed by atoms with Crippen molar-refractivity contribution in [2.75, 3.05) is 38.6 Å². The minimum atomic E-state index is -1.03. The zero-order valence-electron chi connectivity index (χ0n) is 12.4. The lowest BCUT2D eigenvalue weighted by molar-refractivity contribution is 0.0697. The number of halogens is 1. The van der Waals surface area contributed by atoms with Gasteiger partial charge in [-0.2, -0.15) is 0 Å². The molecular formula is C14H22ClN3O2. The van der Waals surface area contributed by atoms with Crippen molar-refractivity contribution >= 4 is 23.4 Å². The average molecular weight is 300 g/mol. The van der Waals surface area contributed by atoms with Crippen LogP contribution in [0.15, 0.2) is 12.3 Å². The summed E-state index contributed by atoms with van der Waals surface area (Å²) in [5, 5.41) is 9.30. The van der Waals surface area contributed by atoms with Crippen LogP contribution in [0.4, 0.5) is 5.82 Å². The van der Waals surface area contributed by atoms with Crippen molar-refractivity contribution in [1.82, 2.24) is 9.88 Å². The summed E-state index contributed by atoms with van der Waals surface area (Å²) in [6.07, 6.45) is 1.41. The first-order chi connectivity index (χ1) is 9.31. The van der Waals surface area contributed by atoms with Gasteiger partial charge >= 0.3 is 5.97 Å². The van der Waals surface area contributed by atoms with E-state index in [1.807, 2.05) is 14.1 Å². The number of carboxylic acid groups (broad SMARTS) is 1. The van der Waals surface area contributed by atoms with Crippen molar-refractivity contribution in [3.63, 3.8) is 0 Å². The van der Waals surface area contributed by atoms with Crippen LogP contribution < -0.4 is 4.90 Å². The molecule has 0 saturated heterocycles. The summed E-state index contributed by atoms with van der Waals surface area (Å²) in [7, 11) is 4.01. The molecule has 0 amide bonds. The smallest absolute Gasteiger partial charge is 0.337 e. The maximum Gasteiger partial charge on any atom is 0.337 e. The Hall–Kier alpha value is -1.33. The molecule has 0 fully saturated rings. The molecular weight excluding hydrogens is 278 g/mol. The number of aromatic nitrogens is 1. The number of pyridine rings is 1.